The SMILES string of the molecule is CN=C(NCCN(C(C)C)C(C)C)NCC(Cc1ccc(F)cc1)C(N)=O.I. The summed E-state index contributed by atoms with van der Waals surface area (Å²) in [5.41, 5.74) is 6.40. The van der Waals surface area contributed by atoms with Crippen LogP contribution in [0, 0.1) is 11.7 Å². The van der Waals surface area contributed by atoms with Gasteiger partial charge in [0, 0.05) is 38.8 Å². The van der Waals surface area contributed by atoms with Crippen molar-refractivity contribution >= 4 is 35.8 Å². The molecular formula is C20H35FIN5O. The summed E-state index contributed by atoms with van der Waals surface area (Å²) >= 11 is 0. The summed E-state index contributed by atoms with van der Waals surface area (Å²) in [5.74, 6) is -0.466. The number of carbonyl (C=O) groups is 1. The number of rotatable bonds is 10. The van der Waals surface area contributed by atoms with E-state index in [1.54, 1.807) is 19.2 Å². The third-order valence-electron chi connectivity index (χ3n) is 4.53. The zero-order valence-electron chi connectivity index (χ0n) is 17.5. The molecule has 8 heteroatoms. The van der Waals surface area contributed by atoms with Gasteiger partial charge in [0.05, 0.1) is 5.92 Å². The van der Waals surface area contributed by atoms with Gasteiger partial charge in [-0.2, -0.15) is 0 Å². The van der Waals surface area contributed by atoms with Gasteiger partial charge in [0.2, 0.25) is 5.91 Å². The number of guanidine groups is 1. The lowest BCUT2D eigenvalue weighted by Gasteiger charge is -2.30. The fraction of sp³-hybridized carbons (Fsp3) is 0.600. The summed E-state index contributed by atoms with van der Waals surface area (Å²) in [4.78, 5) is 18.4. The first-order valence-electron chi connectivity index (χ1n) is 9.48. The van der Waals surface area contributed by atoms with Crippen molar-refractivity contribution < 1.29 is 9.18 Å². The van der Waals surface area contributed by atoms with Crippen LogP contribution >= 0.6 is 24.0 Å². The quantitative estimate of drug-likeness (QED) is 0.258. The van der Waals surface area contributed by atoms with E-state index >= 15 is 0 Å². The molecule has 0 bridgehead atoms. The van der Waals surface area contributed by atoms with Crippen molar-refractivity contribution in [1.82, 2.24) is 15.5 Å². The number of halogens is 2. The standard InChI is InChI=1S/C20H34FN5O.HI/c1-14(2)26(15(3)4)11-10-24-20(23-5)25-13-17(19(22)27)12-16-6-8-18(21)9-7-16;/h6-9,14-15,17H,10-13H2,1-5H3,(H2,22,27)(H2,23,24,25);1H. The van der Waals surface area contributed by atoms with Crippen LogP contribution < -0.4 is 16.4 Å². The van der Waals surface area contributed by atoms with Crippen LogP contribution in [0.2, 0.25) is 0 Å². The molecule has 0 spiro atoms. The van der Waals surface area contributed by atoms with E-state index in [0.717, 1.165) is 18.7 Å². The van der Waals surface area contributed by atoms with Crippen LogP contribution in [0.4, 0.5) is 4.39 Å². The van der Waals surface area contributed by atoms with Crippen LogP contribution in [0.3, 0.4) is 0 Å². The van der Waals surface area contributed by atoms with Crippen molar-refractivity contribution in [3.8, 4) is 0 Å². The zero-order valence-corrected chi connectivity index (χ0v) is 19.9. The fourth-order valence-corrected chi connectivity index (χ4v) is 3.03. The van der Waals surface area contributed by atoms with Crippen molar-refractivity contribution in [3.05, 3.63) is 35.6 Å². The minimum absolute atomic E-state index is 0. The molecule has 0 aliphatic carbocycles. The molecular weight excluding hydrogens is 472 g/mol. The Balaban J connectivity index is 0.00000729. The third kappa shape index (κ3) is 9.68. The number of aliphatic imine (C=N–C) groups is 1. The van der Waals surface area contributed by atoms with Gasteiger partial charge in [-0.3, -0.25) is 14.7 Å². The van der Waals surface area contributed by atoms with E-state index in [9.17, 15) is 9.18 Å². The molecule has 28 heavy (non-hydrogen) atoms. The predicted molar refractivity (Wildman–Crippen MR) is 125 cm³/mol. The van der Waals surface area contributed by atoms with E-state index in [-0.39, 0.29) is 29.8 Å². The molecule has 0 saturated heterocycles. The highest BCUT2D eigenvalue weighted by molar-refractivity contribution is 14.0. The van der Waals surface area contributed by atoms with Crippen LogP contribution in [-0.2, 0) is 11.2 Å². The first-order valence-corrected chi connectivity index (χ1v) is 9.48. The minimum atomic E-state index is -0.406. The molecule has 0 heterocycles. The second-order valence-corrected chi connectivity index (χ2v) is 7.24. The second kappa shape index (κ2) is 13.7. The lowest BCUT2D eigenvalue weighted by atomic mass is 9.98. The molecule has 160 valence electrons. The number of hydrogen-bond donors (Lipinski definition) is 3. The summed E-state index contributed by atoms with van der Waals surface area (Å²) in [6, 6.07) is 7.05. The number of hydrogen-bond acceptors (Lipinski definition) is 3. The number of primary amides is 1. The maximum absolute atomic E-state index is 13.0. The highest BCUT2D eigenvalue weighted by Gasteiger charge is 2.17. The number of nitrogens with two attached hydrogens (primary N) is 1. The average molecular weight is 507 g/mol. The first kappa shape index (κ1) is 26.6. The fourth-order valence-electron chi connectivity index (χ4n) is 3.03. The normalized spacial score (nSPS) is 12.8. The van der Waals surface area contributed by atoms with E-state index in [4.69, 9.17) is 5.73 Å². The largest absolute Gasteiger partial charge is 0.369 e. The Bertz CT molecular complexity index is 599. The van der Waals surface area contributed by atoms with Crippen molar-refractivity contribution in [2.45, 2.75) is 46.2 Å². The summed E-state index contributed by atoms with van der Waals surface area (Å²) in [7, 11) is 1.69. The minimum Gasteiger partial charge on any atom is -0.369 e. The lowest BCUT2D eigenvalue weighted by Crippen LogP contribution is -2.47. The maximum atomic E-state index is 13.0. The van der Waals surface area contributed by atoms with Crippen molar-refractivity contribution in [2.75, 3.05) is 26.7 Å². The smallest absolute Gasteiger partial charge is 0.222 e. The van der Waals surface area contributed by atoms with Crippen LogP contribution in [0.25, 0.3) is 0 Å². The Labute approximate surface area is 185 Å². The Morgan fingerprint density at radius 2 is 1.71 bits per heavy atom. The molecule has 4 N–H and O–H groups in total. The van der Waals surface area contributed by atoms with E-state index < -0.39 is 11.8 Å². The Kier molecular flexibility index (Phi) is 13.0. The number of nitrogens with zero attached hydrogens (tertiary/aromatic N) is 2. The molecule has 0 aromatic heterocycles. The Morgan fingerprint density at radius 1 is 1.14 bits per heavy atom. The van der Waals surface area contributed by atoms with Crippen molar-refractivity contribution in [1.29, 1.82) is 0 Å². The second-order valence-electron chi connectivity index (χ2n) is 7.24. The topological polar surface area (TPSA) is 82.8 Å². The van der Waals surface area contributed by atoms with E-state index in [1.165, 1.54) is 12.1 Å². The van der Waals surface area contributed by atoms with Gasteiger partial charge in [-0.1, -0.05) is 12.1 Å². The summed E-state index contributed by atoms with van der Waals surface area (Å²) in [5, 5.41) is 6.43. The molecule has 0 fully saturated rings. The molecule has 1 rings (SSSR count). The van der Waals surface area contributed by atoms with Gasteiger partial charge in [0.15, 0.2) is 5.96 Å². The highest BCUT2D eigenvalue weighted by Crippen LogP contribution is 2.09. The molecule has 0 saturated carbocycles. The van der Waals surface area contributed by atoms with Crippen LogP contribution in [0.1, 0.15) is 33.3 Å². The number of amides is 1. The Hall–Kier alpha value is -1.42. The molecule has 1 unspecified atom stereocenters. The summed E-state index contributed by atoms with van der Waals surface area (Å²) in [6.07, 6.45) is 0.452. The molecule has 1 aromatic rings. The van der Waals surface area contributed by atoms with Crippen LogP contribution in [-0.4, -0.2) is 55.5 Å². The molecule has 0 radical (unpaired) electrons. The zero-order chi connectivity index (χ0) is 20.4. The van der Waals surface area contributed by atoms with Gasteiger partial charge in [0.25, 0.3) is 0 Å². The number of carbonyl (C=O) groups excluding carboxylic acids is 1. The van der Waals surface area contributed by atoms with Crippen LogP contribution in [0.5, 0.6) is 0 Å². The van der Waals surface area contributed by atoms with E-state index in [2.05, 4.69) is 48.2 Å². The van der Waals surface area contributed by atoms with Gasteiger partial charge < -0.3 is 16.4 Å². The van der Waals surface area contributed by atoms with Gasteiger partial charge in [-0.25, -0.2) is 4.39 Å². The summed E-state index contributed by atoms with van der Waals surface area (Å²) < 4.78 is 13.0. The molecule has 0 aliphatic rings. The van der Waals surface area contributed by atoms with Gasteiger partial charge in [-0.15, -0.1) is 24.0 Å². The van der Waals surface area contributed by atoms with E-state index in [0.29, 0.717) is 31.0 Å². The van der Waals surface area contributed by atoms with Gasteiger partial charge in [-0.05, 0) is 51.8 Å². The highest BCUT2D eigenvalue weighted by atomic mass is 127. The van der Waals surface area contributed by atoms with Crippen LogP contribution in [0.15, 0.2) is 29.3 Å². The molecule has 0 aliphatic heterocycles. The summed E-state index contributed by atoms with van der Waals surface area (Å²) in [6.45, 7) is 10.7. The first-order chi connectivity index (χ1) is 12.7. The molecule has 1 aromatic carbocycles. The monoisotopic (exact) mass is 507 g/mol. The van der Waals surface area contributed by atoms with E-state index in [1.807, 2.05) is 0 Å². The molecule has 1 atom stereocenters. The van der Waals surface area contributed by atoms with Gasteiger partial charge in [0.1, 0.15) is 5.82 Å². The lowest BCUT2D eigenvalue weighted by molar-refractivity contribution is -0.121. The Morgan fingerprint density at radius 3 is 2.18 bits per heavy atom. The molecule has 1 amide bonds. The van der Waals surface area contributed by atoms with Crippen molar-refractivity contribution in [3.63, 3.8) is 0 Å². The third-order valence-corrected chi connectivity index (χ3v) is 4.53. The molecule has 6 nitrogen and oxygen atoms in total. The average Bonchev–Trinajstić information content (AvgIpc) is 2.60. The predicted octanol–water partition coefficient (Wildman–Crippen LogP) is 2.37. The number of nitrogens with one attached hydrogen (secondary N) is 2. The number of benzene rings is 1. The van der Waals surface area contributed by atoms with Gasteiger partial charge >= 0.3 is 0 Å². The van der Waals surface area contributed by atoms with Crippen molar-refractivity contribution in [2.24, 2.45) is 16.6 Å². The maximum Gasteiger partial charge on any atom is 0.222 e.